The predicted molar refractivity (Wildman–Crippen MR) is 59.1 cm³/mol. The summed E-state index contributed by atoms with van der Waals surface area (Å²) in [5.41, 5.74) is -0.0261. The minimum atomic E-state index is -1.03. The maximum absolute atomic E-state index is 13.6. The number of hydrogen-bond acceptors (Lipinski definition) is 1. The van der Waals surface area contributed by atoms with Crippen LogP contribution in [0.1, 0.15) is 5.56 Å². The van der Waals surface area contributed by atoms with Gasteiger partial charge in [-0.05, 0) is 17.7 Å². The van der Waals surface area contributed by atoms with E-state index in [4.69, 9.17) is 11.6 Å². The number of nitrogens with one attached hydrogen (secondary N) is 1. The third-order valence-electron chi connectivity index (χ3n) is 2.32. The summed E-state index contributed by atoms with van der Waals surface area (Å²) in [6.45, 7) is 0.936. The molecule has 0 atom stereocenters. The van der Waals surface area contributed by atoms with Gasteiger partial charge in [0.15, 0.2) is 0 Å². The van der Waals surface area contributed by atoms with Crippen molar-refractivity contribution in [3.05, 3.63) is 34.9 Å². The van der Waals surface area contributed by atoms with Crippen molar-refractivity contribution in [1.29, 1.82) is 0 Å². The largest absolute Gasteiger partial charge is 0.310 e. The van der Waals surface area contributed by atoms with Gasteiger partial charge in [-0.15, -0.1) is 12.4 Å². The van der Waals surface area contributed by atoms with Crippen LogP contribution in [-0.4, -0.2) is 18.8 Å². The number of hydrogen-bond donors (Lipinski definition) is 1. The van der Waals surface area contributed by atoms with Gasteiger partial charge in [-0.2, -0.15) is 0 Å². The summed E-state index contributed by atoms with van der Waals surface area (Å²) in [4.78, 5) is 0. The van der Waals surface area contributed by atoms with Crippen LogP contribution in [0, 0.1) is 0 Å². The Balaban J connectivity index is 0.000000980. The Morgan fingerprint density at radius 2 is 1.86 bits per heavy atom. The van der Waals surface area contributed by atoms with Gasteiger partial charge in [-0.1, -0.05) is 23.7 Å². The van der Waals surface area contributed by atoms with Crippen molar-refractivity contribution in [3.63, 3.8) is 0 Å². The van der Waals surface area contributed by atoms with Gasteiger partial charge in [-0.3, -0.25) is 0 Å². The molecular formula is C10H12Cl2FN. The van der Waals surface area contributed by atoms with Gasteiger partial charge in [0.05, 0.1) is 0 Å². The first kappa shape index (κ1) is 11.8. The minimum absolute atomic E-state index is 0. The van der Waals surface area contributed by atoms with Gasteiger partial charge in [0.1, 0.15) is 5.67 Å². The van der Waals surface area contributed by atoms with Crippen LogP contribution in [0.25, 0.3) is 0 Å². The van der Waals surface area contributed by atoms with Crippen molar-refractivity contribution in [2.75, 3.05) is 13.1 Å². The average Bonchev–Trinajstić information content (AvgIpc) is 2.06. The smallest absolute Gasteiger partial charge is 0.139 e. The molecule has 1 aliphatic rings. The highest BCUT2D eigenvalue weighted by atomic mass is 35.5. The lowest BCUT2D eigenvalue weighted by Crippen LogP contribution is -2.57. The molecule has 1 aromatic carbocycles. The van der Waals surface area contributed by atoms with Crippen LogP contribution in [0.3, 0.4) is 0 Å². The summed E-state index contributed by atoms with van der Waals surface area (Å²) < 4.78 is 13.6. The maximum Gasteiger partial charge on any atom is 0.139 e. The summed E-state index contributed by atoms with van der Waals surface area (Å²) >= 11 is 5.72. The van der Waals surface area contributed by atoms with E-state index in [1.165, 1.54) is 0 Å². The standard InChI is InChI=1S/C10H11ClFN.ClH/c11-9-3-1-8(2-4-9)5-10(12)6-13-7-10;/h1-4,13H,5-7H2;1H. The monoisotopic (exact) mass is 235 g/mol. The molecule has 0 aromatic heterocycles. The maximum atomic E-state index is 13.6. The molecule has 78 valence electrons. The van der Waals surface area contributed by atoms with Crippen molar-refractivity contribution >= 4 is 24.0 Å². The lowest BCUT2D eigenvalue weighted by atomic mass is 9.91. The number of benzene rings is 1. The van der Waals surface area contributed by atoms with Gasteiger partial charge in [-0.25, -0.2) is 4.39 Å². The zero-order valence-electron chi connectivity index (χ0n) is 7.59. The molecule has 0 aliphatic carbocycles. The van der Waals surface area contributed by atoms with Crippen LogP contribution in [0.4, 0.5) is 4.39 Å². The number of halogens is 3. The van der Waals surface area contributed by atoms with Crippen molar-refractivity contribution in [2.45, 2.75) is 12.1 Å². The molecule has 1 aliphatic heterocycles. The van der Waals surface area contributed by atoms with E-state index >= 15 is 0 Å². The second-order valence-corrected chi connectivity index (χ2v) is 3.99. The predicted octanol–water partition coefficient (Wildman–Crippen LogP) is 2.62. The highest BCUT2D eigenvalue weighted by Gasteiger charge is 2.36. The van der Waals surface area contributed by atoms with Gasteiger partial charge in [0.2, 0.25) is 0 Å². The molecule has 1 nitrogen and oxygen atoms in total. The van der Waals surface area contributed by atoms with E-state index in [2.05, 4.69) is 5.32 Å². The molecule has 1 N–H and O–H groups in total. The molecule has 1 fully saturated rings. The Bertz CT molecular complexity index is 295. The lowest BCUT2D eigenvalue weighted by Gasteiger charge is -2.35. The Labute approximate surface area is 94.1 Å². The van der Waals surface area contributed by atoms with E-state index in [1.807, 2.05) is 12.1 Å². The van der Waals surface area contributed by atoms with E-state index in [0.717, 1.165) is 5.56 Å². The molecule has 2 rings (SSSR count). The van der Waals surface area contributed by atoms with E-state index in [1.54, 1.807) is 12.1 Å². The summed E-state index contributed by atoms with van der Waals surface area (Å²) in [7, 11) is 0. The Hall–Kier alpha value is -0.310. The van der Waals surface area contributed by atoms with Crippen molar-refractivity contribution < 1.29 is 4.39 Å². The minimum Gasteiger partial charge on any atom is -0.310 e. The van der Waals surface area contributed by atoms with Gasteiger partial charge < -0.3 is 5.32 Å². The van der Waals surface area contributed by atoms with Crippen LogP contribution >= 0.6 is 24.0 Å². The SMILES string of the molecule is Cl.FC1(Cc2ccc(Cl)cc2)CNC1. The lowest BCUT2D eigenvalue weighted by molar-refractivity contribution is 0.0912. The van der Waals surface area contributed by atoms with Gasteiger partial charge in [0, 0.05) is 24.5 Å². The molecule has 0 bridgehead atoms. The molecule has 0 amide bonds. The fourth-order valence-corrected chi connectivity index (χ4v) is 1.62. The van der Waals surface area contributed by atoms with Crippen molar-refractivity contribution in [2.24, 2.45) is 0 Å². The summed E-state index contributed by atoms with van der Waals surface area (Å²) in [5, 5.41) is 3.63. The number of rotatable bonds is 2. The van der Waals surface area contributed by atoms with E-state index < -0.39 is 5.67 Å². The molecule has 0 unspecified atom stereocenters. The van der Waals surface area contributed by atoms with Crippen LogP contribution in [-0.2, 0) is 6.42 Å². The summed E-state index contributed by atoms with van der Waals surface area (Å²) in [5.74, 6) is 0. The third-order valence-corrected chi connectivity index (χ3v) is 2.57. The van der Waals surface area contributed by atoms with Crippen LogP contribution in [0.15, 0.2) is 24.3 Å². The zero-order valence-corrected chi connectivity index (χ0v) is 9.17. The van der Waals surface area contributed by atoms with E-state index in [-0.39, 0.29) is 12.4 Å². The molecule has 0 spiro atoms. The molecule has 1 saturated heterocycles. The zero-order chi connectivity index (χ0) is 9.31. The van der Waals surface area contributed by atoms with E-state index in [9.17, 15) is 4.39 Å². The van der Waals surface area contributed by atoms with Crippen molar-refractivity contribution in [1.82, 2.24) is 5.32 Å². The van der Waals surface area contributed by atoms with E-state index in [0.29, 0.717) is 24.5 Å². The second kappa shape index (κ2) is 4.47. The number of alkyl halides is 1. The van der Waals surface area contributed by atoms with Crippen LogP contribution in [0.5, 0.6) is 0 Å². The second-order valence-electron chi connectivity index (χ2n) is 3.56. The third kappa shape index (κ3) is 2.59. The molecule has 4 heteroatoms. The topological polar surface area (TPSA) is 12.0 Å². The Morgan fingerprint density at radius 3 is 2.29 bits per heavy atom. The fourth-order valence-electron chi connectivity index (χ4n) is 1.49. The molecule has 1 aromatic rings. The molecule has 14 heavy (non-hydrogen) atoms. The normalized spacial score (nSPS) is 18.1. The van der Waals surface area contributed by atoms with Crippen LogP contribution < -0.4 is 5.32 Å². The van der Waals surface area contributed by atoms with Gasteiger partial charge in [0.25, 0.3) is 0 Å². The summed E-state index contributed by atoms with van der Waals surface area (Å²) in [6, 6.07) is 7.35. The van der Waals surface area contributed by atoms with Gasteiger partial charge >= 0.3 is 0 Å². The first-order valence-electron chi connectivity index (χ1n) is 4.32. The Morgan fingerprint density at radius 1 is 1.29 bits per heavy atom. The first-order valence-corrected chi connectivity index (χ1v) is 4.70. The highest BCUT2D eigenvalue weighted by Crippen LogP contribution is 2.23. The molecule has 1 heterocycles. The summed E-state index contributed by atoms with van der Waals surface area (Å²) in [6.07, 6.45) is 0.483. The fraction of sp³-hybridized carbons (Fsp3) is 0.400. The van der Waals surface area contributed by atoms with Crippen LogP contribution in [0.2, 0.25) is 5.02 Å². The van der Waals surface area contributed by atoms with Crippen molar-refractivity contribution in [3.8, 4) is 0 Å². The highest BCUT2D eigenvalue weighted by molar-refractivity contribution is 6.30. The quantitative estimate of drug-likeness (QED) is 0.832. The molecule has 0 saturated carbocycles. The Kier molecular flexibility index (Phi) is 3.76. The average molecular weight is 236 g/mol. The first-order chi connectivity index (χ1) is 6.18. The molecular weight excluding hydrogens is 224 g/mol. The molecule has 0 radical (unpaired) electrons.